The summed E-state index contributed by atoms with van der Waals surface area (Å²) in [5, 5.41) is 10.5. The Morgan fingerprint density at radius 2 is 1.71 bits per heavy atom. The third kappa shape index (κ3) is 3.57. The summed E-state index contributed by atoms with van der Waals surface area (Å²) >= 11 is -0.358. The molecule has 1 heterocycles. The van der Waals surface area contributed by atoms with E-state index in [0.717, 1.165) is 18.2 Å². The van der Waals surface area contributed by atoms with E-state index in [1.807, 2.05) is 0 Å². The van der Waals surface area contributed by atoms with E-state index < -0.39 is 29.0 Å². The molecule has 10 heteroatoms. The van der Waals surface area contributed by atoms with Crippen molar-refractivity contribution in [2.75, 3.05) is 13.2 Å². The first-order valence-electron chi connectivity index (χ1n) is 8.20. The van der Waals surface area contributed by atoms with Crippen LogP contribution in [0.5, 0.6) is 11.5 Å². The third-order valence-corrected chi connectivity index (χ3v) is 5.18. The van der Waals surface area contributed by atoms with Crippen molar-refractivity contribution in [1.29, 1.82) is 0 Å². The zero-order valence-corrected chi connectivity index (χ0v) is 14.9. The van der Waals surface area contributed by atoms with E-state index in [4.69, 9.17) is 14.2 Å². The Hall–Kier alpha value is -1.88. The summed E-state index contributed by atoms with van der Waals surface area (Å²) in [6.07, 6.45) is -1.36. The minimum atomic E-state index is -4.57. The average Bonchev–Trinajstić information content (AvgIpc) is 3.13. The maximum atomic E-state index is 13.4. The Bertz CT molecular complexity index is 891. The fourth-order valence-corrected chi connectivity index (χ4v) is 4.25. The van der Waals surface area contributed by atoms with E-state index in [9.17, 15) is 27.1 Å². The summed E-state index contributed by atoms with van der Waals surface area (Å²) in [6, 6.07) is 4.88. The smallest absolute Gasteiger partial charge is 0.446 e. The van der Waals surface area contributed by atoms with E-state index in [-0.39, 0.29) is 58.9 Å². The molecular formula is C18H13F5O4S. The molecular weight excluding hydrogens is 407 g/mol. The lowest BCUT2D eigenvalue weighted by atomic mass is 10.1. The van der Waals surface area contributed by atoms with Gasteiger partial charge in [-0.1, -0.05) is 0 Å². The Kier molecular flexibility index (Phi) is 4.77. The van der Waals surface area contributed by atoms with Gasteiger partial charge in [0.2, 0.25) is 0 Å². The van der Waals surface area contributed by atoms with Crippen LogP contribution in [0.25, 0.3) is 0 Å². The van der Waals surface area contributed by atoms with Crippen molar-refractivity contribution in [2.45, 2.75) is 28.7 Å². The normalized spacial score (nSPS) is 20.6. The predicted octanol–water partition coefficient (Wildman–Crippen LogP) is 5.01. The molecule has 1 fully saturated rings. The molecule has 0 amide bonds. The van der Waals surface area contributed by atoms with Gasteiger partial charge in [0.05, 0.1) is 19.3 Å². The lowest BCUT2D eigenvalue weighted by Crippen LogP contribution is -2.25. The first-order valence-corrected chi connectivity index (χ1v) is 9.01. The van der Waals surface area contributed by atoms with E-state index >= 15 is 0 Å². The SMILES string of the molecule is OC1CC2(OCCO2)c2c(SC(F)(F)F)ccc(Oc3cc(F)cc(F)c3)c21. The average molecular weight is 420 g/mol. The number of benzene rings is 2. The summed E-state index contributed by atoms with van der Waals surface area (Å²) in [6.45, 7) is 0.310. The Morgan fingerprint density at radius 3 is 2.32 bits per heavy atom. The number of aliphatic hydroxyl groups excluding tert-OH is 1. The molecule has 4 rings (SSSR count). The monoisotopic (exact) mass is 420 g/mol. The van der Waals surface area contributed by atoms with Crippen molar-refractivity contribution in [2.24, 2.45) is 0 Å². The zero-order chi connectivity index (χ0) is 20.1. The molecule has 1 N–H and O–H groups in total. The van der Waals surface area contributed by atoms with E-state index in [2.05, 4.69) is 0 Å². The minimum Gasteiger partial charge on any atom is -0.457 e. The highest BCUT2D eigenvalue weighted by Gasteiger charge is 2.52. The zero-order valence-electron chi connectivity index (χ0n) is 14.1. The fraction of sp³-hybridized carbons (Fsp3) is 0.333. The lowest BCUT2D eigenvalue weighted by molar-refractivity contribution is -0.175. The largest absolute Gasteiger partial charge is 0.457 e. The first kappa shape index (κ1) is 19.4. The van der Waals surface area contributed by atoms with Crippen LogP contribution < -0.4 is 4.74 Å². The van der Waals surface area contributed by atoms with Gasteiger partial charge in [-0.2, -0.15) is 13.2 Å². The van der Waals surface area contributed by atoms with Gasteiger partial charge in [-0.3, -0.25) is 0 Å². The molecule has 1 saturated heterocycles. The van der Waals surface area contributed by atoms with Gasteiger partial charge < -0.3 is 19.3 Å². The molecule has 4 nitrogen and oxygen atoms in total. The maximum Gasteiger partial charge on any atom is 0.446 e. The predicted molar refractivity (Wildman–Crippen MR) is 87.9 cm³/mol. The Labute approximate surface area is 160 Å². The number of alkyl halides is 3. The minimum absolute atomic E-state index is 0.0224. The molecule has 1 unspecified atom stereocenters. The number of rotatable bonds is 3. The van der Waals surface area contributed by atoms with Crippen molar-refractivity contribution in [1.82, 2.24) is 0 Å². The molecule has 2 aliphatic rings. The lowest BCUT2D eigenvalue weighted by Gasteiger charge is -2.25. The molecule has 0 bridgehead atoms. The van der Waals surface area contributed by atoms with Gasteiger partial charge in [-0.15, -0.1) is 0 Å². The number of fused-ring (bicyclic) bond motifs is 2. The van der Waals surface area contributed by atoms with Crippen LogP contribution in [0.1, 0.15) is 23.7 Å². The molecule has 0 aromatic heterocycles. The highest BCUT2D eigenvalue weighted by atomic mass is 32.2. The van der Waals surface area contributed by atoms with Crippen LogP contribution in [-0.2, 0) is 15.3 Å². The van der Waals surface area contributed by atoms with Crippen LogP contribution >= 0.6 is 11.8 Å². The quantitative estimate of drug-likeness (QED) is 0.559. The van der Waals surface area contributed by atoms with Crippen molar-refractivity contribution >= 4 is 11.8 Å². The Morgan fingerprint density at radius 1 is 1.07 bits per heavy atom. The highest BCUT2D eigenvalue weighted by molar-refractivity contribution is 8.00. The molecule has 0 radical (unpaired) electrons. The number of thioether (sulfide) groups is 1. The van der Waals surface area contributed by atoms with Crippen LogP contribution in [-0.4, -0.2) is 23.8 Å². The molecule has 150 valence electrons. The second-order valence-corrected chi connectivity index (χ2v) is 7.38. The molecule has 1 spiro atoms. The summed E-state index contributed by atoms with van der Waals surface area (Å²) < 4.78 is 82.6. The van der Waals surface area contributed by atoms with Crippen LogP contribution in [0.2, 0.25) is 0 Å². The van der Waals surface area contributed by atoms with Crippen LogP contribution in [0.4, 0.5) is 22.0 Å². The van der Waals surface area contributed by atoms with Gasteiger partial charge in [0.25, 0.3) is 0 Å². The van der Waals surface area contributed by atoms with E-state index in [0.29, 0.717) is 6.07 Å². The second-order valence-electron chi connectivity index (χ2n) is 6.28. The molecule has 1 aliphatic heterocycles. The van der Waals surface area contributed by atoms with Gasteiger partial charge in [0, 0.05) is 40.6 Å². The van der Waals surface area contributed by atoms with Gasteiger partial charge in [-0.25, -0.2) is 8.78 Å². The first-order chi connectivity index (χ1) is 13.2. The summed E-state index contributed by atoms with van der Waals surface area (Å²) in [5.74, 6) is -3.51. The Balaban J connectivity index is 1.82. The molecule has 1 atom stereocenters. The second kappa shape index (κ2) is 6.87. The fourth-order valence-electron chi connectivity index (χ4n) is 3.49. The molecule has 2 aromatic carbocycles. The molecule has 1 aliphatic carbocycles. The van der Waals surface area contributed by atoms with E-state index in [1.165, 1.54) is 6.07 Å². The number of aliphatic hydroxyl groups is 1. The number of ether oxygens (including phenoxy) is 3. The van der Waals surface area contributed by atoms with Gasteiger partial charge in [0.1, 0.15) is 23.1 Å². The van der Waals surface area contributed by atoms with Crippen molar-refractivity contribution in [3.8, 4) is 11.5 Å². The molecule has 28 heavy (non-hydrogen) atoms. The van der Waals surface area contributed by atoms with Gasteiger partial charge in [0.15, 0.2) is 5.79 Å². The standard InChI is InChI=1S/C18H13F5O4S/c19-9-5-10(20)7-11(6-9)27-13-1-2-14(28-18(21,22)23)16-15(13)12(24)8-17(16)25-3-4-26-17/h1-2,5-7,12,24H,3-4,8H2. The van der Waals surface area contributed by atoms with Crippen LogP contribution in [0, 0.1) is 11.6 Å². The number of hydrogen-bond acceptors (Lipinski definition) is 5. The van der Waals surface area contributed by atoms with Crippen molar-refractivity contribution in [3.63, 3.8) is 0 Å². The van der Waals surface area contributed by atoms with Crippen LogP contribution in [0.3, 0.4) is 0 Å². The number of hydrogen-bond donors (Lipinski definition) is 1. The summed E-state index contributed by atoms with van der Waals surface area (Å²) in [4.78, 5) is -0.196. The maximum absolute atomic E-state index is 13.4. The van der Waals surface area contributed by atoms with Gasteiger partial charge in [-0.05, 0) is 23.9 Å². The van der Waals surface area contributed by atoms with Crippen LogP contribution in [0.15, 0.2) is 35.2 Å². The molecule has 0 saturated carbocycles. The molecule has 2 aromatic rings. The van der Waals surface area contributed by atoms with Gasteiger partial charge >= 0.3 is 5.51 Å². The summed E-state index contributed by atoms with van der Waals surface area (Å²) in [7, 11) is 0. The van der Waals surface area contributed by atoms with Crippen molar-refractivity contribution in [3.05, 3.63) is 53.1 Å². The summed E-state index contributed by atoms with van der Waals surface area (Å²) in [5.41, 5.74) is -4.51. The number of halogens is 5. The highest BCUT2D eigenvalue weighted by Crippen LogP contribution is 2.56. The topological polar surface area (TPSA) is 47.9 Å². The third-order valence-electron chi connectivity index (χ3n) is 4.39. The van der Waals surface area contributed by atoms with Crippen molar-refractivity contribution < 1.29 is 41.3 Å². The van der Waals surface area contributed by atoms with E-state index in [1.54, 1.807) is 0 Å².